The molecule has 5 nitrogen and oxygen atoms in total. The summed E-state index contributed by atoms with van der Waals surface area (Å²) in [6.07, 6.45) is 0.551. The Balaban J connectivity index is 2.48. The molecule has 2 aromatic heterocycles. The van der Waals surface area contributed by atoms with Crippen molar-refractivity contribution in [3.8, 4) is 16.9 Å². The summed E-state index contributed by atoms with van der Waals surface area (Å²) in [4.78, 5) is 12.5. The van der Waals surface area contributed by atoms with Crippen molar-refractivity contribution in [2.24, 2.45) is 0 Å². The van der Waals surface area contributed by atoms with E-state index in [0.717, 1.165) is 12.1 Å². The Hall–Kier alpha value is -2.51. The van der Waals surface area contributed by atoms with Gasteiger partial charge in [0.2, 0.25) is 0 Å². The van der Waals surface area contributed by atoms with Crippen LogP contribution in [0.2, 0.25) is 5.02 Å². The van der Waals surface area contributed by atoms with Gasteiger partial charge < -0.3 is 9.67 Å². The number of pyridine rings is 1. The summed E-state index contributed by atoms with van der Waals surface area (Å²) in [6, 6.07) is 6.34. The molecule has 1 N–H and O–H groups in total. The van der Waals surface area contributed by atoms with Crippen molar-refractivity contribution >= 4 is 11.6 Å². The molecule has 2 heterocycles. The third-order valence-corrected chi connectivity index (χ3v) is 4.34. The van der Waals surface area contributed by atoms with E-state index in [2.05, 4.69) is 5.10 Å². The lowest BCUT2D eigenvalue weighted by molar-refractivity contribution is 0.191. The van der Waals surface area contributed by atoms with Crippen molar-refractivity contribution in [3.05, 3.63) is 69.2 Å². The number of nitrogens with zero attached hydrogens (tertiary/aromatic N) is 3. The molecule has 8 heteroatoms. The molecule has 0 aliphatic heterocycles. The van der Waals surface area contributed by atoms with Crippen LogP contribution in [0.5, 0.6) is 0 Å². The minimum absolute atomic E-state index is 0.00287. The number of aliphatic hydroxyl groups is 1. The molecule has 0 radical (unpaired) electrons. The van der Waals surface area contributed by atoms with Gasteiger partial charge in [0.1, 0.15) is 16.7 Å². The molecule has 0 amide bonds. The van der Waals surface area contributed by atoms with Crippen LogP contribution in [0.25, 0.3) is 16.9 Å². The SMILES string of the molecule is CCn1c(-c2c(F)cccc2F)c(-n2nccc2C(C)O)cc(Cl)c1=O. The third kappa shape index (κ3) is 2.93. The second-order valence-electron chi connectivity index (χ2n) is 5.72. The van der Waals surface area contributed by atoms with Gasteiger partial charge in [-0.3, -0.25) is 4.79 Å². The Bertz CT molecular complexity index is 1010. The number of aliphatic hydroxyl groups excluding tert-OH is 1. The highest BCUT2D eigenvalue weighted by Gasteiger charge is 2.24. The van der Waals surface area contributed by atoms with E-state index in [1.165, 1.54) is 34.5 Å². The van der Waals surface area contributed by atoms with Crippen LogP contribution in [0.15, 0.2) is 41.3 Å². The first-order valence-corrected chi connectivity index (χ1v) is 8.34. The van der Waals surface area contributed by atoms with Gasteiger partial charge in [0.05, 0.1) is 28.7 Å². The zero-order valence-electron chi connectivity index (χ0n) is 14.1. The van der Waals surface area contributed by atoms with E-state index in [0.29, 0.717) is 5.69 Å². The first-order chi connectivity index (χ1) is 12.4. The Labute approximate surface area is 153 Å². The summed E-state index contributed by atoms with van der Waals surface area (Å²) < 4.78 is 31.5. The highest BCUT2D eigenvalue weighted by atomic mass is 35.5. The zero-order valence-corrected chi connectivity index (χ0v) is 14.8. The number of aromatic nitrogens is 3. The Morgan fingerprint density at radius 1 is 1.27 bits per heavy atom. The zero-order chi connectivity index (χ0) is 19.0. The molecule has 0 fully saturated rings. The largest absolute Gasteiger partial charge is 0.387 e. The van der Waals surface area contributed by atoms with Crippen molar-refractivity contribution < 1.29 is 13.9 Å². The standard InChI is InChI=1S/C18H16ClF2N3O2/c1-3-23-17(16-12(20)5-4-6-13(16)21)15(9-11(19)18(23)26)24-14(10(2)25)7-8-22-24/h4-10,25H,3H2,1-2H3. The molecule has 1 aromatic carbocycles. The van der Waals surface area contributed by atoms with E-state index in [1.54, 1.807) is 13.0 Å². The van der Waals surface area contributed by atoms with Crippen LogP contribution in [0.4, 0.5) is 8.78 Å². The fourth-order valence-electron chi connectivity index (χ4n) is 2.90. The Kier molecular flexibility index (Phi) is 4.93. The molecule has 0 aliphatic rings. The molecule has 0 spiro atoms. The van der Waals surface area contributed by atoms with Gasteiger partial charge in [-0.2, -0.15) is 5.10 Å². The average Bonchev–Trinajstić information content (AvgIpc) is 3.07. The summed E-state index contributed by atoms with van der Waals surface area (Å²) in [6.45, 7) is 3.34. The lowest BCUT2D eigenvalue weighted by Crippen LogP contribution is -2.24. The number of halogens is 3. The minimum atomic E-state index is -0.892. The van der Waals surface area contributed by atoms with Crippen LogP contribution in [-0.4, -0.2) is 19.5 Å². The maximum Gasteiger partial charge on any atom is 0.269 e. The molecular formula is C18H16ClF2N3O2. The van der Waals surface area contributed by atoms with Crippen molar-refractivity contribution in [1.29, 1.82) is 0 Å². The summed E-state index contributed by atoms with van der Waals surface area (Å²) in [5.74, 6) is -1.64. The summed E-state index contributed by atoms with van der Waals surface area (Å²) >= 11 is 6.06. The lowest BCUT2D eigenvalue weighted by Gasteiger charge is -2.19. The second kappa shape index (κ2) is 7.01. The first kappa shape index (κ1) is 18.3. The van der Waals surface area contributed by atoms with Gasteiger partial charge in [0.25, 0.3) is 5.56 Å². The Morgan fingerprint density at radius 2 is 1.92 bits per heavy atom. The second-order valence-corrected chi connectivity index (χ2v) is 6.12. The predicted octanol–water partition coefficient (Wildman–Crippen LogP) is 3.71. The van der Waals surface area contributed by atoms with Gasteiger partial charge in [0.15, 0.2) is 0 Å². The molecule has 3 aromatic rings. The fourth-order valence-corrected chi connectivity index (χ4v) is 3.11. The van der Waals surface area contributed by atoms with Gasteiger partial charge in [-0.25, -0.2) is 13.5 Å². The summed E-state index contributed by atoms with van der Waals surface area (Å²) in [5.41, 5.74) is -0.337. The van der Waals surface area contributed by atoms with Crippen molar-refractivity contribution in [3.63, 3.8) is 0 Å². The van der Waals surface area contributed by atoms with Crippen LogP contribution in [0, 0.1) is 11.6 Å². The maximum absolute atomic E-state index is 14.5. The molecule has 3 rings (SSSR count). The van der Waals surface area contributed by atoms with Gasteiger partial charge in [0, 0.05) is 12.7 Å². The van der Waals surface area contributed by atoms with Crippen molar-refractivity contribution in [2.75, 3.05) is 0 Å². The van der Waals surface area contributed by atoms with Crippen LogP contribution in [0.1, 0.15) is 25.6 Å². The first-order valence-electron chi connectivity index (χ1n) is 7.96. The molecular weight excluding hydrogens is 364 g/mol. The van der Waals surface area contributed by atoms with Gasteiger partial charge in [-0.05, 0) is 38.1 Å². The summed E-state index contributed by atoms with van der Waals surface area (Å²) in [7, 11) is 0. The molecule has 136 valence electrons. The Morgan fingerprint density at radius 3 is 2.50 bits per heavy atom. The molecule has 1 unspecified atom stereocenters. The van der Waals surface area contributed by atoms with E-state index in [4.69, 9.17) is 11.6 Å². The number of hydrogen-bond donors (Lipinski definition) is 1. The topological polar surface area (TPSA) is 60.1 Å². The molecule has 1 atom stereocenters. The quantitative estimate of drug-likeness (QED) is 0.751. The molecule has 0 bridgehead atoms. The van der Waals surface area contributed by atoms with Gasteiger partial charge in [-0.15, -0.1) is 0 Å². The fraction of sp³-hybridized carbons (Fsp3) is 0.222. The van der Waals surface area contributed by atoms with E-state index >= 15 is 0 Å². The van der Waals surface area contributed by atoms with Crippen LogP contribution in [-0.2, 0) is 6.54 Å². The smallest absolute Gasteiger partial charge is 0.269 e. The number of benzene rings is 1. The average molecular weight is 380 g/mol. The molecule has 0 saturated heterocycles. The molecule has 0 aliphatic carbocycles. The van der Waals surface area contributed by atoms with Crippen molar-refractivity contribution in [1.82, 2.24) is 14.3 Å². The highest BCUT2D eigenvalue weighted by Crippen LogP contribution is 2.33. The van der Waals surface area contributed by atoms with Crippen LogP contribution >= 0.6 is 11.6 Å². The van der Waals surface area contributed by atoms with E-state index < -0.39 is 23.3 Å². The third-order valence-electron chi connectivity index (χ3n) is 4.07. The normalized spacial score (nSPS) is 12.4. The number of rotatable bonds is 4. The summed E-state index contributed by atoms with van der Waals surface area (Å²) in [5, 5.41) is 14.0. The van der Waals surface area contributed by atoms with Gasteiger partial charge >= 0.3 is 0 Å². The maximum atomic E-state index is 14.5. The van der Waals surface area contributed by atoms with Crippen LogP contribution < -0.4 is 5.56 Å². The monoisotopic (exact) mass is 379 g/mol. The van der Waals surface area contributed by atoms with E-state index in [1.807, 2.05) is 0 Å². The molecule has 0 saturated carbocycles. The van der Waals surface area contributed by atoms with E-state index in [9.17, 15) is 18.7 Å². The molecule has 26 heavy (non-hydrogen) atoms. The predicted molar refractivity (Wildman–Crippen MR) is 94.5 cm³/mol. The highest BCUT2D eigenvalue weighted by molar-refractivity contribution is 6.30. The van der Waals surface area contributed by atoms with Crippen molar-refractivity contribution in [2.45, 2.75) is 26.5 Å². The van der Waals surface area contributed by atoms with Crippen LogP contribution in [0.3, 0.4) is 0 Å². The lowest BCUT2D eigenvalue weighted by atomic mass is 10.1. The minimum Gasteiger partial charge on any atom is -0.387 e. The van der Waals surface area contributed by atoms with Gasteiger partial charge in [-0.1, -0.05) is 17.7 Å². The number of hydrogen-bond acceptors (Lipinski definition) is 3. The van der Waals surface area contributed by atoms with E-state index in [-0.39, 0.29) is 28.5 Å².